The largest absolute Gasteiger partial charge is 0.378 e. The number of sulfonamides is 1. The molecular formula is C12H17N3O5S. The Morgan fingerprint density at radius 1 is 1.43 bits per heavy atom. The zero-order valence-electron chi connectivity index (χ0n) is 11.5. The number of nitro benzene ring substituents is 1. The molecule has 2 atom stereocenters. The molecule has 8 nitrogen and oxygen atoms in total. The first kappa shape index (κ1) is 15.8. The predicted molar refractivity (Wildman–Crippen MR) is 76.3 cm³/mol. The standard InChI is InChI=1S/C12H17N3O5S/c1-20-12-7-13-6-10(12)14-21(18,19)8-9-4-2-3-5-11(9)15(16)17/h2-5,10,12-14H,6-8H2,1H3/t10?,12-/m0/s1. The fraction of sp³-hybridized carbons (Fsp3) is 0.500. The minimum absolute atomic E-state index is 0.162. The number of nitrogens with zero attached hydrogens (tertiary/aromatic N) is 1. The molecule has 1 aliphatic heterocycles. The summed E-state index contributed by atoms with van der Waals surface area (Å²) >= 11 is 0. The number of para-hydroxylation sites is 1. The van der Waals surface area contributed by atoms with Crippen LogP contribution in [0.1, 0.15) is 5.56 Å². The number of ether oxygens (including phenoxy) is 1. The second kappa shape index (κ2) is 6.48. The molecule has 2 rings (SSSR count). The Labute approximate surface area is 122 Å². The minimum Gasteiger partial charge on any atom is -0.378 e. The van der Waals surface area contributed by atoms with Crippen molar-refractivity contribution in [2.45, 2.75) is 17.9 Å². The summed E-state index contributed by atoms with van der Waals surface area (Å²) in [6.45, 7) is 1.03. The third-order valence-electron chi connectivity index (χ3n) is 3.33. The van der Waals surface area contributed by atoms with Crippen LogP contribution in [0.25, 0.3) is 0 Å². The maximum atomic E-state index is 12.2. The summed E-state index contributed by atoms with van der Waals surface area (Å²) in [7, 11) is -2.18. The Bertz CT molecular complexity index is 619. The maximum absolute atomic E-state index is 12.2. The maximum Gasteiger partial charge on any atom is 0.273 e. The van der Waals surface area contributed by atoms with Crippen molar-refractivity contribution in [1.29, 1.82) is 0 Å². The van der Waals surface area contributed by atoms with E-state index in [0.29, 0.717) is 13.1 Å². The summed E-state index contributed by atoms with van der Waals surface area (Å²) in [4.78, 5) is 10.3. The molecule has 0 bridgehead atoms. The van der Waals surface area contributed by atoms with Gasteiger partial charge in [0.1, 0.15) is 0 Å². The van der Waals surface area contributed by atoms with Gasteiger partial charge in [0, 0.05) is 31.8 Å². The van der Waals surface area contributed by atoms with E-state index in [-0.39, 0.29) is 23.4 Å². The number of nitrogens with one attached hydrogen (secondary N) is 2. The molecule has 1 aliphatic rings. The van der Waals surface area contributed by atoms with Crippen LogP contribution in [0.3, 0.4) is 0 Å². The molecule has 0 saturated carbocycles. The van der Waals surface area contributed by atoms with Crippen molar-refractivity contribution in [2.24, 2.45) is 0 Å². The zero-order chi connectivity index (χ0) is 15.5. The first-order valence-electron chi connectivity index (χ1n) is 6.39. The summed E-state index contributed by atoms with van der Waals surface area (Å²) in [5.41, 5.74) is -0.0364. The third-order valence-corrected chi connectivity index (χ3v) is 4.68. The number of hydrogen-bond acceptors (Lipinski definition) is 6. The van der Waals surface area contributed by atoms with E-state index in [1.807, 2.05) is 0 Å². The molecule has 9 heteroatoms. The lowest BCUT2D eigenvalue weighted by Gasteiger charge is -2.18. The Hall–Kier alpha value is -1.55. The smallest absolute Gasteiger partial charge is 0.273 e. The van der Waals surface area contributed by atoms with Gasteiger partial charge in [-0.25, -0.2) is 13.1 Å². The molecular weight excluding hydrogens is 298 g/mol. The van der Waals surface area contributed by atoms with Gasteiger partial charge in [-0.15, -0.1) is 0 Å². The van der Waals surface area contributed by atoms with E-state index < -0.39 is 20.7 Å². The summed E-state index contributed by atoms with van der Waals surface area (Å²) in [6, 6.07) is 5.44. The molecule has 0 aromatic heterocycles. The molecule has 0 aliphatic carbocycles. The summed E-state index contributed by atoms with van der Waals surface area (Å²) in [5.74, 6) is -0.433. The van der Waals surface area contributed by atoms with E-state index in [1.54, 1.807) is 6.07 Å². The Balaban J connectivity index is 2.13. The van der Waals surface area contributed by atoms with Crippen LogP contribution >= 0.6 is 0 Å². The van der Waals surface area contributed by atoms with E-state index in [2.05, 4.69) is 10.0 Å². The normalized spacial score (nSPS) is 22.3. The van der Waals surface area contributed by atoms with Crippen molar-refractivity contribution in [3.05, 3.63) is 39.9 Å². The molecule has 0 spiro atoms. The van der Waals surface area contributed by atoms with Crippen LogP contribution < -0.4 is 10.0 Å². The van der Waals surface area contributed by atoms with Crippen molar-refractivity contribution in [3.8, 4) is 0 Å². The highest BCUT2D eigenvalue weighted by Crippen LogP contribution is 2.20. The lowest BCUT2D eigenvalue weighted by Crippen LogP contribution is -2.43. The van der Waals surface area contributed by atoms with Gasteiger partial charge in [-0.05, 0) is 0 Å². The predicted octanol–water partition coefficient (Wildman–Crippen LogP) is 0.00100. The van der Waals surface area contributed by atoms with E-state index in [4.69, 9.17) is 4.74 Å². The lowest BCUT2D eigenvalue weighted by molar-refractivity contribution is -0.385. The van der Waals surface area contributed by atoms with Gasteiger partial charge in [-0.1, -0.05) is 18.2 Å². The van der Waals surface area contributed by atoms with Gasteiger partial charge in [0.05, 0.1) is 22.8 Å². The fourth-order valence-corrected chi connectivity index (χ4v) is 3.74. The van der Waals surface area contributed by atoms with Crippen molar-refractivity contribution in [3.63, 3.8) is 0 Å². The number of rotatable bonds is 6. The fourth-order valence-electron chi connectivity index (χ4n) is 2.31. The van der Waals surface area contributed by atoms with Crippen LogP contribution in [0, 0.1) is 10.1 Å². The average Bonchev–Trinajstić information content (AvgIpc) is 2.84. The molecule has 1 aromatic rings. The average molecular weight is 315 g/mol. The molecule has 116 valence electrons. The van der Waals surface area contributed by atoms with Gasteiger partial charge in [-0.3, -0.25) is 10.1 Å². The van der Waals surface area contributed by atoms with Crippen LogP contribution in [0.5, 0.6) is 0 Å². The highest BCUT2D eigenvalue weighted by molar-refractivity contribution is 7.88. The second-order valence-electron chi connectivity index (χ2n) is 4.80. The van der Waals surface area contributed by atoms with Crippen LogP contribution in [0.15, 0.2) is 24.3 Å². The first-order chi connectivity index (χ1) is 9.93. The Morgan fingerprint density at radius 2 is 2.14 bits per heavy atom. The van der Waals surface area contributed by atoms with Crippen molar-refractivity contribution >= 4 is 15.7 Å². The van der Waals surface area contributed by atoms with Gasteiger partial charge in [-0.2, -0.15) is 0 Å². The molecule has 1 aromatic carbocycles. The summed E-state index contributed by atoms with van der Waals surface area (Å²) in [6.07, 6.45) is -0.245. The zero-order valence-corrected chi connectivity index (χ0v) is 12.3. The van der Waals surface area contributed by atoms with E-state index in [0.717, 1.165) is 0 Å². The van der Waals surface area contributed by atoms with Crippen molar-refractivity contribution in [2.75, 3.05) is 20.2 Å². The highest BCUT2D eigenvalue weighted by Gasteiger charge is 2.31. The van der Waals surface area contributed by atoms with E-state index in [9.17, 15) is 18.5 Å². The van der Waals surface area contributed by atoms with Gasteiger partial charge in [0.2, 0.25) is 10.0 Å². The lowest BCUT2D eigenvalue weighted by atomic mass is 10.2. The SMILES string of the molecule is CO[C@H]1CNCC1NS(=O)(=O)Cc1ccccc1[N+](=O)[O-]. The van der Waals surface area contributed by atoms with Crippen LogP contribution in [-0.4, -0.2) is 45.7 Å². The Kier molecular flexibility index (Phi) is 4.88. The van der Waals surface area contributed by atoms with Gasteiger partial charge >= 0.3 is 0 Å². The van der Waals surface area contributed by atoms with Gasteiger partial charge in [0.25, 0.3) is 5.69 Å². The quantitative estimate of drug-likeness (QED) is 0.565. The number of methoxy groups -OCH3 is 1. The molecule has 1 saturated heterocycles. The third kappa shape index (κ3) is 3.97. The van der Waals surface area contributed by atoms with Gasteiger partial charge < -0.3 is 10.1 Å². The number of benzene rings is 1. The molecule has 0 radical (unpaired) electrons. The molecule has 1 unspecified atom stereocenters. The minimum atomic E-state index is -3.69. The molecule has 1 fully saturated rings. The number of nitro groups is 1. The van der Waals surface area contributed by atoms with Crippen LogP contribution in [0.2, 0.25) is 0 Å². The van der Waals surface area contributed by atoms with Crippen molar-refractivity contribution in [1.82, 2.24) is 10.0 Å². The number of hydrogen-bond donors (Lipinski definition) is 2. The monoisotopic (exact) mass is 315 g/mol. The van der Waals surface area contributed by atoms with Crippen molar-refractivity contribution < 1.29 is 18.1 Å². The molecule has 2 N–H and O–H groups in total. The van der Waals surface area contributed by atoms with Crippen LogP contribution in [-0.2, 0) is 20.5 Å². The van der Waals surface area contributed by atoms with E-state index in [1.165, 1.54) is 25.3 Å². The van der Waals surface area contributed by atoms with Crippen LogP contribution in [0.4, 0.5) is 5.69 Å². The summed E-state index contributed by atoms with van der Waals surface area (Å²) < 4.78 is 32.1. The Morgan fingerprint density at radius 3 is 2.81 bits per heavy atom. The topological polar surface area (TPSA) is 111 Å². The highest BCUT2D eigenvalue weighted by atomic mass is 32.2. The summed E-state index contributed by atoms with van der Waals surface area (Å²) in [5, 5.41) is 13.9. The molecule has 21 heavy (non-hydrogen) atoms. The van der Waals surface area contributed by atoms with E-state index >= 15 is 0 Å². The van der Waals surface area contributed by atoms with Gasteiger partial charge in [0.15, 0.2) is 0 Å². The second-order valence-corrected chi connectivity index (χ2v) is 6.56. The molecule has 0 amide bonds. The molecule has 1 heterocycles. The first-order valence-corrected chi connectivity index (χ1v) is 8.04.